The molecule has 0 radical (unpaired) electrons. The number of hydrogen-bond donors (Lipinski definition) is 1. The first kappa shape index (κ1) is 26.4. The fourth-order valence-corrected chi connectivity index (χ4v) is 4.58. The Morgan fingerprint density at radius 2 is 1.70 bits per heavy atom. The van der Waals surface area contributed by atoms with Crippen molar-refractivity contribution in [3.63, 3.8) is 0 Å². The lowest BCUT2D eigenvalue weighted by atomic mass is 10.1. The van der Waals surface area contributed by atoms with Gasteiger partial charge < -0.3 is 19.9 Å². The second-order valence-electron chi connectivity index (χ2n) is 9.35. The van der Waals surface area contributed by atoms with Crippen molar-refractivity contribution in [1.29, 1.82) is 0 Å². The molecule has 1 aliphatic heterocycles. The number of amides is 2. The highest BCUT2D eigenvalue weighted by Crippen LogP contribution is 2.24. The third-order valence-corrected chi connectivity index (χ3v) is 6.60. The maximum absolute atomic E-state index is 13.6. The summed E-state index contributed by atoms with van der Waals surface area (Å²) in [6, 6.07) is 20.5. The van der Waals surface area contributed by atoms with Gasteiger partial charge >= 0.3 is 0 Å². The minimum absolute atomic E-state index is 0.0432. The Morgan fingerprint density at radius 1 is 0.946 bits per heavy atom. The van der Waals surface area contributed by atoms with E-state index in [9.17, 15) is 14.0 Å². The van der Waals surface area contributed by atoms with E-state index in [0.717, 1.165) is 30.8 Å². The Kier molecular flexibility index (Phi) is 9.27. The number of carbonyl (C=O) groups excluding carboxylic acids is 2. The summed E-state index contributed by atoms with van der Waals surface area (Å²) in [5.74, 6) is -0.00463. The van der Waals surface area contributed by atoms with E-state index in [2.05, 4.69) is 10.2 Å². The van der Waals surface area contributed by atoms with Crippen LogP contribution in [0.3, 0.4) is 0 Å². The van der Waals surface area contributed by atoms with Crippen molar-refractivity contribution in [2.75, 3.05) is 38.2 Å². The Labute approximate surface area is 218 Å². The van der Waals surface area contributed by atoms with Crippen LogP contribution in [0.15, 0.2) is 72.8 Å². The smallest absolute Gasteiger partial charge is 0.258 e. The van der Waals surface area contributed by atoms with Crippen LogP contribution < -0.4 is 15.0 Å². The minimum atomic E-state index is -0.331. The summed E-state index contributed by atoms with van der Waals surface area (Å²) in [5.41, 5.74) is 2.74. The van der Waals surface area contributed by atoms with Crippen molar-refractivity contribution in [1.82, 2.24) is 10.2 Å². The molecule has 6 nitrogen and oxygen atoms in total. The number of halogens is 1. The SMILES string of the molecule is COc1cccc(C(=O)N(Cc2ccc(F)cc2)c2cccc(CC(=O)NCCN3CCCCC3)c2)c1. The predicted octanol–water partition coefficient (Wildman–Crippen LogP) is 4.83. The summed E-state index contributed by atoms with van der Waals surface area (Å²) in [5, 5.41) is 3.02. The van der Waals surface area contributed by atoms with E-state index in [4.69, 9.17) is 4.74 Å². The molecule has 1 aliphatic rings. The van der Waals surface area contributed by atoms with Crippen LogP contribution in [0.1, 0.15) is 40.7 Å². The lowest BCUT2D eigenvalue weighted by Gasteiger charge is -2.26. The topological polar surface area (TPSA) is 61.9 Å². The normalized spacial score (nSPS) is 13.7. The molecule has 2 amide bonds. The van der Waals surface area contributed by atoms with Crippen molar-refractivity contribution in [3.05, 3.63) is 95.3 Å². The Bertz CT molecular complexity index is 1190. The van der Waals surface area contributed by atoms with E-state index in [1.807, 2.05) is 24.3 Å². The fourth-order valence-electron chi connectivity index (χ4n) is 4.58. The molecular weight excluding hydrogens is 469 g/mol. The monoisotopic (exact) mass is 503 g/mol. The molecule has 3 aromatic carbocycles. The van der Waals surface area contributed by atoms with Crippen LogP contribution in [0, 0.1) is 5.82 Å². The van der Waals surface area contributed by atoms with Gasteiger partial charge in [-0.1, -0.05) is 36.8 Å². The lowest BCUT2D eigenvalue weighted by molar-refractivity contribution is -0.120. The average Bonchev–Trinajstić information content (AvgIpc) is 2.93. The van der Waals surface area contributed by atoms with Gasteiger partial charge in [-0.25, -0.2) is 4.39 Å². The van der Waals surface area contributed by atoms with Crippen molar-refractivity contribution in [3.8, 4) is 5.75 Å². The standard InChI is InChI=1S/C30H34FN3O3/c1-37-28-10-6-8-25(21-28)30(36)34(22-23-11-13-26(31)14-12-23)27-9-5-7-24(19-27)20-29(35)32-15-18-33-16-3-2-4-17-33/h5-14,19,21H,2-4,15-18,20,22H2,1H3,(H,32,35). The Balaban J connectivity index is 1.48. The van der Waals surface area contributed by atoms with Crippen LogP contribution in [0.2, 0.25) is 0 Å². The van der Waals surface area contributed by atoms with Crippen LogP contribution in [-0.4, -0.2) is 50.0 Å². The van der Waals surface area contributed by atoms with Gasteiger partial charge in [0, 0.05) is 24.3 Å². The molecular formula is C30H34FN3O3. The molecule has 7 heteroatoms. The number of ether oxygens (including phenoxy) is 1. The van der Waals surface area contributed by atoms with E-state index in [1.54, 1.807) is 48.4 Å². The number of carbonyl (C=O) groups is 2. The van der Waals surface area contributed by atoms with E-state index in [0.29, 0.717) is 23.5 Å². The summed E-state index contributed by atoms with van der Waals surface area (Å²) in [6.07, 6.45) is 3.97. The van der Waals surface area contributed by atoms with E-state index < -0.39 is 0 Å². The molecule has 0 aromatic heterocycles. The van der Waals surface area contributed by atoms with Gasteiger partial charge in [-0.05, 0) is 79.5 Å². The van der Waals surface area contributed by atoms with Crippen LogP contribution in [-0.2, 0) is 17.8 Å². The minimum Gasteiger partial charge on any atom is -0.497 e. The van der Waals surface area contributed by atoms with Gasteiger partial charge in [0.1, 0.15) is 11.6 Å². The molecule has 194 valence electrons. The molecule has 1 saturated heterocycles. The van der Waals surface area contributed by atoms with Gasteiger partial charge in [-0.2, -0.15) is 0 Å². The van der Waals surface area contributed by atoms with Gasteiger partial charge in [0.2, 0.25) is 5.91 Å². The number of nitrogens with one attached hydrogen (secondary N) is 1. The van der Waals surface area contributed by atoms with Crippen LogP contribution in [0.25, 0.3) is 0 Å². The summed E-state index contributed by atoms with van der Waals surface area (Å²) in [6.45, 7) is 3.95. The lowest BCUT2D eigenvalue weighted by Crippen LogP contribution is -2.38. The first-order chi connectivity index (χ1) is 18.0. The molecule has 4 rings (SSSR count). The number of benzene rings is 3. The van der Waals surface area contributed by atoms with Crippen molar-refractivity contribution < 1.29 is 18.7 Å². The number of piperidine rings is 1. The quantitative estimate of drug-likeness (QED) is 0.431. The highest BCUT2D eigenvalue weighted by molar-refractivity contribution is 6.06. The molecule has 1 heterocycles. The van der Waals surface area contributed by atoms with E-state index in [-0.39, 0.29) is 30.6 Å². The number of methoxy groups -OCH3 is 1. The van der Waals surface area contributed by atoms with Gasteiger partial charge in [-0.15, -0.1) is 0 Å². The largest absolute Gasteiger partial charge is 0.497 e. The van der Waals surface area contributed by atoms with Crippen LogP contribution in [0.4, 0.5) is 10.1 Å². The molecule has 0 unspecified atom stereocenters. The first-order valence-electron chi connectivity index (χ1n) is 12.8. The van der Waals surface area contributed by atoms with Crippen molar-refractivity contribution in [2.24, 2.45) is 0 Å². The van der Waals surface area contributed by atoms with Gasteiger partial charge in [-0.3, -0.25) is 9.59 Å². The number of nitrogens with zero attached hydrogens (tertiary/aromatic N) is 2. The molecule has 0 bridgehead atoms. The fraction of sp³-hybridized carbons (Fsp3) is 0.333. The highest BCUT2D eigenvalue weighted by atomic mass is 19.1. The van der Waals surface area contributed by atoms with Crippen LogP contribution >= 0.6 is 0 Å². The summed E-state index contributed by atoms with van der Waals surface area (Å²) < 4.78 is 18.8. The maximum atomic E-state index is 13.6. The van der Waals surface area contributed by atoms with Crippen molar-refractivity contribution >= 4 is 17.5 Å². The van der Waals surface area contributed by atoms with E-state index in [1.165, 1.54) is 31.4 Å². The van der Waals surface area contributed by atoms with Gasteiger partial charge in [0.25, 0.3) is 5.91 Å². The number of anilines is 1. The zero-order valence-electron chi connectivity index (χ0n) is 21.3. The summed E-state index contributed by atoms with van der Waals surface area (Å²) in [4.78, 5) is 30.3. The first-order valence-corrected chi connectivity index (χ1v) is 12.8. The molecule has 0 atom stereocenters. The van der Waals surface area contributed by atoms with Gasteiger partial charge in [0.05, 0.1) is 20.1 Å². The average molecular weight is 504 g/mol. The predicted molar refractivity (Wildman–Crippen MR) is 143 cm³/mol. The third-order valence-electron chi connectivity index (χ3n) is 6.60. The molecule has 1 N–H and O–H groups in total. The highest BCUT2D eigenvalue weighted by Gasteiger charge is 2.20. The zero-order valence-corrected chi connectivity index (χ0v) is 21.3. The summed E-state index contributed by atoms with van der Waals surface area (Å²) >= 11 is 0. The van der Waals surface area contributed by atoms with Gasteiger partial charge in [0.15, 0.2) is 0 Å². The Hall–Kier alpha value is -3.71. The zero-order chi connectivity index (χ0) is 26.0. The molecule has 0 aliphatic carbocycles. The van der Waals surface area contributed by atoms with E-state index >= 15 is 0 Å². The maximum Gasteiger partial charge on any atom is 0.258 e. The second-order valence-corrected chi connectivity index (χ2v) is 9.35. The number of hydrogen-bond acceptors (Lipinski definition) is 4. The number of likely N-dealkylation sites (tertiary alicyclic amines) is 1. The Morgan fingerprint density at radius 3 is 2.46 bits per heavy atom. The molecule has 3 aromatic rings. The molecule has 0 saturated carbocycles. The van der Waals surface area contributed by atoms with Crippen molar-refractivity contribution in [2.45, 2.75) is 32.2 Å². The van der Waals surface area contributed by atoms with Crippen LogP contribution in [0.5, 0.6) is 5.75 Å². The number of rotatable bonds is 10. The molecule has 1 fully saturated rings. The summed E-state index contributed by atoms with van der Waals surface area (Å²) in [7, 11) is 1.56. The molecule has 37 heavy (non-hydrogen) atoms. The second kappa shape index (κ2) is 13.0. The third kappa shape index (κ3) is 7.64. The molecule has 0 spiro atoms.